The Morgan fingerprint density at radius 2 is 1.74 bits per heavy atom. The Kier molecular flexibility index (Phi) is 3.01. The largest absolute Gasteiger partial charge is 0.623 e. The molecule has 1 aromatic carbocycles. The Balaban J connectivity index is 2.02. The van der Waals surface area contributed by atoms with Crippen molar-refractivity contribution in [3.05, 3.63) is 40.6 Å². The van der Waals surface area contributed by atoms with Crippen molar-refractivity contribution in [2.45, 2.75) is 44.7 Å². The molecule has 1 aliphatic heterocycles. The summed E-state index contributed by atoms with van der Waals surface area (Å²) in [4.78, 5) is 0. The number of nitrogens with zero attached hydrogens (tertiary/aromatic N) is 2. The monoisotopic (exact) mass is 259 g/mol. The molecular formula is C15H19N2O2+. The lowest BCUT2D eigenvalue weighted by atomic mass is 9.89. The molecule has 1 N–H and O–H groups in total. The summed E-state index contributed by atoms with van der Waals surface area (Å²) in [7, 11) is 0. The van der Waals surface area contributed by atoms with Gasteiger partial charge in [-0.05, 0) is 36.6 Å². The lowest BCUT2D eigenvalue weighted by Crippen LogP contribution is -2.51. The number of aryl methyl sites for hydroxylation is 1. The van der Waals surface area contributed by atoms with Gasteiger partial charge in [-0.25, -0.2) is 0 Å². The molecule has 0 bridgehead atoms. The Hall–Kier alpha value is -1.84. The highest BCUT2D eigenvalue weighted by atomic mass is 16.5. The normalized spacial score (nSPS) is 26.9. The zero-order valence-electron chi connectivity index (χ0n) is 11.1. The number of benzene rings is 1. The van der Waals surface area contributed by atoms with Gasteiger partial charge in [-0.1, -0.05) is 17.7 Å². The second-order valence-corrected chi connectivity index (χ2v) is 5.51. The van der Waals surface area contributed by atoms with Gasteiger partial charge in [-0.2, -0.15) is 4.74 Å². The Morgan fingerprint density at radius 3 is 2.42 bits per heavy atom. The topological polar surface area (TPSA) is 49.3 Å². The molecule has 1 aromatic rings. The minimum Gasteiger partial charge on any atom is -0.623 e. The molecule has 2 atom stereocenters. The van der Waals surface area contributed by atoms with Gasteiger partial charge in [0.15, 0.2) is 0 Å². The van der Waals surface area contributed by atoms with E-state index in [1.807, 2.05) is 31.2 Å². The van der Waals surface area contributed by atoms with Crippen LogP contribution in [0.5, 0.6) is 0 Å². The first-order valence-corrected chi connectivity index (χ1v) is 6.89. The van der Waals surface area contributed by atoms with E-state index in [9.17, 15) is 10.4 Å². The molecule has 3 rings (SSSR count). The molecular weight excluding hydrogens is 240 g/mol. The quantitative estimate of drug-likeness (QED) is 0.477. The van der Waals surface area contributed by atoms with Crippen molar-refractivity contribution in [1.82, 2.24) is 0 Å². The summed E-state index contributed by atoms with van der Waals surface area (Å²) in [6.07, 6.45) is 5.46. The van der Waals surface area contributed by atoms with Crippen LogP contribution in [0.2, 0.25) is 0 Å². The third-order valence-corrected chi connectivity index (χ3v) is 4.17. The molecule has 0 radical (unpaired) electrons. The predicted octanol–water partition coefficient (Wildman–Crippen LogP) is 2.09. The van der Waals surface area contributed by atoms with Gasteiger partial charge in [-0.3, -0.25) is 5.21 Å². The molecule has 0 amide bonds. The van der Waals surface area contributed by atoms with Gasteiger partial charge < -0.3 is 5.21 Å². The molecule has 0 aromatic heterocycles. The molecule has 1 saturated carbocycles. The van der Waals surface area contributed by atoms with Crippen molar-refractivity contribution in [2.24, 2.45) is 0 Å². The van der Waals surface area contributed by atoms with E-state index in [1.54, 1.807) is 6.21 Å². The van der Waals surface area contributed by atoms with Crippen molar-refractivity contribution < 1.29 is 14.7 Å². The van der Waals surface area contributed by atoms with Crippen LogP contribution in [0.4, 0.5) is 0 Å². The molecule has 4 nitrogen and oxygen atoms in total. The second kappa shape index (κ2) is 4.68. The Morgan fingerprint density at radius 1 is 1.11 bits per heavy atom. The first-order chi connectivity index (χ1) is 9.16. The van der Waals surface area contributed by atoms with Crippen LogP contribution in [0.15, 0.2) is 24.3 Å². The fourth-order valence-corrected chi connectivity index (χ4v) is 3.06. The zero-order chi connectivity index (χ0) is 13.4. The van der Waals surface area contributed by atoms with Crippen LogP contribution < -0.4 is 0 Å². The fraction of sp³-hybridized carbons (Fsp3) is 0.467. The van der Waals surface area contributed by atoms with E-state index in [0.29, 0.717) is 5.71 Å². The van der Waals surface area contributed by atoms with E-state index in [0.717, 1.165) is 41.5 Å². The van der Waals surface area contributed by atoms with E-state index in [1.165, 1.54) is 4.74 Å². The van der Waals surface area contributed by atoms with Crippen molar-refractivity contribution in [1.29, 1.82) is 0 Å². The summed E-state index contributed by atoms with van der Waals surface area (Å²) < 4.78 is 2.34. The average Bonchev–Trinajstić information content (AvgIpc) is 2.44. The van der Waals surface area contributed by atoms with Crippen LogP contribution in [0.3, 0.4) is 0 Å². The van der Waals surface area contributed by atoms with Crippen molar-refractivity contribution >= 4 is 11.9 Å². The maximum Gasteiger partial charge on any atom is 0.288 e. The first-order valence-electron chi connectivity index (χ1n) is 6.89. The van der Waals surface area contributed by atoms with E-state index in [4.69, 9.17) is 0 Å². The standard InChI is InChI=1S/C15H19N2O2/c1-11-6-8-12(9-7-11)15-10-16(18)13-4-2-3-5-14(13)17(15)19/h6-10,13-14,18H,2-5H2,1H3/q+1/t13-,14-/m1/s1. The third kappa shape index (κ3) is 2.11. The zero-order valence-corrected chi connectivity index (χ0v) is 11.1. The van der Waals surface area contributed by atoms with Gasteiger partial charge in [-0.15, -0.1) is 0 Å². The second-order valence-electron chi connectivity index (χ2n) is 5.51. The predicted molar refractivity (Wildman–Crippen MR) is 73.1 cm³/mol. The lowest BCUT2D eigenvalue weighted by Gasteiger charge is -2.28. The Labute approximate surface area is 112 Å². The summed E-state index contributed by atoms with van der Waals surface area (Å²) in [6, 6.07) is 7.66. The number of hydrogen-bond acceptors (Lipinski definition) is 2. The first kappa shape index (κ1) is 12.2. The third-order valence-electron chi connectivity index (χ3n) is 4.17. The van der Waals surface area contributed by atoms with Crippen LogP contribution in [0, 0.1) is 12.1 Å². The molecule has 19 heavy (non-hydrogen) atoms. The number of hydroxylamine groups is 2. The molecule has 1 heterocycles. The summed E-state index contributed by atoms with van der Waals surface area (Å²) in [6.45, 7) is 2.02. The van der Waals surface area contributed by atoms with Crippen LogP contribution in [-0.4, -0.2) is 38.7 Å². The van der Waals surface area contributed by atoms with Gasteiger partial charge in [0.05, 0.1) is 5.56 Å². The van der Waals surface area contributed by atoms with E-state index >= 15 is 0 Å². The fourth-order valence-electron chi connectivity index (χ4n) is 3.06. The average molecular weight is 259 g/mol. The van der Waals surface area contributed by atoms with Crippen LogP contribution in [0.1, 0.15) is 36.8 Å². The smallest absolute Gasteiger partial charge is 0.288 e. The highest BCUT2D eigenvalue weighted by molar-refractivity contribution is 6.34. The van der Waals surface area contributed by atoms with Gasteiger partial charge >= 0.3 is 0 Å². The number of hydrogen-bond donors (Lipinski definition) is 1. The summed E-state index contributed by atoms with van der Waals surface area (Å²) in [5.41, 5.74) is 2.59. The van der Waals surface area contributed by atoms with Gasteiger partial charge in [0.1, 0.15) is 0 Å². The number of fused-ring (bicyclic) bond motifs is 1. The van der Waals surface area contributed by atoms with Crippen molar-refractivity contribution in [2.75, 3.05) is 0 Å². The SMILES string of the molecule is Cc1ccc(C2=[N+]([O-])[C@@H]3CCCC[C@H]3[N+](O)=C2)cc1. The van der Waals surface area contributed by atoms with Gasteiger partial charge in [0.2, 0.25) is 6.04 Å². The molecule has 100 valence electrons. The molecule has 0 unspecified atom stereocenters. The summed E-state index contributed by atoms with van der Waals surface area (Å²) in [5, 5.41) is 22.6. The lowest BCUT2D eigenvalue weighted by molar-refractivity contribution is -0.819. The number of rotatable bonds is 1. The molecule has 0 saturated heterocycles. The Bertz CT molecular complexity index is 546. The van der Waals surface area contributed by atoms with Crippen LogP contribution in [0.25, 0.3) is 0 Å². The van der Waals surface area contributed by atoms with Crippen LogP contribution >= 0.6 is 0 Å². The van der Waals surface area contributed by atoms with E-state index in [-0.39, 0.29) is 12.1 Å². The van der Waals surface area contributed by atoms with Crippen molar-refractivity contribution in [3.8, 4) is 0 Å². The highest BCUT2D eigenvalue weighted by Gasteiger charge is 2.45. The van der Waals surface area contributed by atoms with Gasteiger partial charge in [0.25, 0.3) is 18.0 Å². The summed E-state index contributed by atoms with van der Waals surface area (Å²) >= 11 is 0. The molecule has 1 fully saturated rings. The highest BCUT2D eigenvalue weighted by Crippen LogP contribution is 2.25. The minimum atomic E-state index is -0.125. The minimum absolute atomic E-state index is 0.0551. The van der Waals surface area contributed by atoms with Gasteiger partial charge in [0, 0.05) is 12.8 Å². The molecule has 0 spiro atoms. The van der Waals surface area contributed by atoms with E-state index in [2.05, 4.69) is 0 Å². The molecule has 1 aliphatic carbocycles. The van der Waals surface area contributed by atoms with E-state index < -0.39 is 0 Å². The maximum absolute atomic E-state index is 12.5. The van der Waals surface area contributed by atoms with Crippen LogP contribution in [-0.2, 0) is 0 Å². The molecule has 4 heteroatoms. The maximum atomic E-state index is 12.5. The molecule has 2 aliphatic rings. The van der Waals surface area contributed by atoms with Crippen molar-refractivity contribution in [3.63, 3.8) is 0 Å². The summed E-state index contributed by atoms with van der Waals surface area (Å²) in [5.74, 6) is 0.